The molecule has 30 heavy (non-hydrogen) atoms. The van der Waals surface area contributed by atoms with Crippen LogP contribution in [-0.2, 0) is 0 Å². The van der Waals surface area contributed by atoms with Crippen molar-refractivity contribution in [3.63, 3.8) is 0 Å². The number of para-hydroxylation sites is 1. The number of aryl methyl sites for hydroxylation is 1. The second-order valence-electron chi connectivity index (χ2n) is 8.65. The van der Waals surface area contributed by atoms with Gasteiger partial charge in [-0.05, 0) is 56.8 Å². The first-order valence-corrected chi connectivity index (χ1v) is 10.8. The van der Waals surface area contributed by atoms with E-state index in [4.69, 9.17) is 4.74 Å². The molecule has 1 aromatic heterocycles. The van der Waals surface area contributed by atoms with E-state index in [0.29, 0.717) is 6.54 Å². The highest BCUT2D eigenvalue weighted by atomic mass is 16.5. The lowest BCUT2D eigenvalue weighted by Gasteiger charge is -2.49. The standard InChI is InChI=1S/C24H32N4O2/c1-19-25-12-9-23(26-19)28-17-21(29)16-24(18-28)10-14-27(15-11-24)13-5-7-20-6-3-4-8-22(20)30-2/h3-9,12,21,29H,10-11,13-18H2,1-2H3/b7-5+. The van der Waals surface area contributed by atoms with Crippen LogP contribution in [0.2, 0.25) is 0 Å². The van der Waals surface area contributed by atoms with E-state index in [0.717, 1.165) is 68.4 Å². The molecule has 2 fully saturated rings. The zero-order chi connectivity index (χ0) is 21.0. The predicted molar refractivity (Wildman–Crippen MR) is 120 cm³/mol. The van der Waals surface area contributed by atoms with Gasteiger partial charge in [-0.3, -0.25) is 4.90 Å². The average molecular weight is 409 g/mol. The Morgan fingerprint density at radius 1 is 1.23 bits per heavy atom. The maximum atomic E-state index is 10.6. The minimum Gasteiger partial charge on any atom is -0.496 e. The topological polar surface area (TPSA) is 61.7 Å². The van der Waals surface area contributed by atoms with Crippen LogP contribution in [0, 0.1) is 12.3 Å². The predicted octanol–water partition coefficient (Wildman–Crippen LogP) is 3.16. The van der Waals surface area contributed by atoms with Gasteiger partial charge in [0, 0.05) is 31.4 Å². The summed E-state index contributed by atoms with van der Waals surface area (Å²) in [5.41, 5.74) is 1.28. The first-order valence-electron chi connectivity index (χ1n) is 10.8. The number of hydrogen-bond donors (Lipinski definition) is 1. The summed E-state index contributed by atoms with van der Waals surface area (Å²) < 4.78 is 5.42. The normalized spacial score (nSPS) is 22.0. The molecule has 2 aliphatic heterocycles. The van der Waals surface area contributed by atoms with Crippen LogP contribution >= 0.6 is 0 Å². The molecule has 2 aliphatic rings. The number of hydrogen-bond acceptors (Lipinski definition) is 6. The number of benzene rings is 1. The Hall–Kier alpha value is -2.44. The fourth-order valence-corrected chi connectivity index (χ4v) is 4.85. The van der Waals surface area contributed by atoms with Gasteiger partial charge in [0.1, 0.15) is 17.4 Å². The van der Waals surface area contributed by atoms with Gasteiger partial charge in [-0.15, -0.1) is 0 Å². The lowest BCUT2D eigenvalue weighted by molar-refractivity contribution is 0.0292. The molecule has 0 radical (unpaired) electrons. The fourth-order valence-electron chi connectivity index (χ4n) is 4.85. The third-order valence-corrected chi connectivity index (χ3v) is 6.43. The molecule has 4 rings (SSSR count). The smallest absolute Gasteiger partial charge is 0.132 e. The van der Waals surface area contributed by atoms with Crippen molar-refractivity contribution >= 4 is 11.9 Å². The Balaban J connectivity index is 1.35. The van der Waals surface area contributed by atoms with Crippen LogP contribution < -0.4 is 9.64 Å². The van der Waals surface area contributed by atoms with E-state index < -0.39 is 0 Å². The molecule has 1 atom stereocenters. The van der Waals surface area contributed by atoms with Crippen LogP contribution in [0.1, 0.15) is 30.7 Å². The Morgan fingerprint density at radius 3 is 2.80 bits per heavy atom. The van der Waals surface area contributed by atoms with Crippen molar-refractivity contribution in [2.75, 3.05) is 44.7 Å². The number of aromatic nitrogens is 2. The van der Waals surface area contributed by atoms with Gasteiger partial charge in [0.25, 0.3) is 0 Å². The molecule has 1 aromatic carbocycles. The SMILES string of the molecule is COc1ccccc1/C=C/CN1CCC2(CC1)CC(O)CN(c1ccnc(C)n1)C2. The summed E-state index contributed by atoms with van der Waals surface area (Å²) in [7, 11) is 1.71. The second kappa shape index (κ2) is 9.14. The number of likely N-dealkylation sites (tertiary alicyclic amines) is 1. The zero-order valence-corrected chi connectivity index (χ0v) is 18.0. The van der Waals surface area contributed by atoms with Crippen molar-refractivity contribution in [3.05, 3.63) is 54.0 Å². The van der Waals surface area contributed by atoms with Crippen LogP contribution in [-0.4, -0.2) is 65.9 Å². The van der Waals surface area contributed by atoms with Gasteiger partial charge in [-0.1, -0.05) is 30.4 Å². The summed E-state index contributed by atoms with van der Waals surface area (Å²) in [6, 6.07) is 10.0. The van der Waals surface area contributed by atoms with Crippen molar-refractivity contribution in [3.8, 4) is 5.75 Å². The lowest BCUT2D eigenvalue weighted by atomic mass is 9.71. The number of nitrogens with zero attached hydrogens (tertiary/aromatic N) is 4. The first kappa shape index (κ1) is 20.8. The lowest BCUT2D eigenvalue weighted by Crippen LogP contribution is -2.54. The number of ether oxygens (including phenoxy) is 1. The van der Waals surface area contributed by atoms with Crippen LogP contribution in [0.15, 0.2) is 42.6 Å². The van der Waals surface area contributed by atoms with E-state index in [9.17, 15) is 5.11 Å². The maximum Gasteiger partial charge on any atom is 0.132 e. The molecule has 1 spiro atoms. The molecule has 2 aromatic rings. The van der Waals surface area contributed by atoms with Gasteiger partial charge >= 0.3 is 0 Å². The van der Waals surface area contributed by atoms with Gasteiger partial charge < -0.3 is 14.7 Å². The van der Waals surface area contributed by atoms with E-state index in [-0.39, 0.29) is 11.5 Å². The summed E-state index contributed by atoms with van der Waals surface area (Å²) in [5, 5.41) is 10.6. The molecule has 3 heterocycles. The summed E-state index contributed by atoms with van der Waals surface area (Å²) in [5.74, 6) is 2.61. The molecule has 0 aliphatic carbocycles. The van der Waals surface area contributed by atoms with E-state index in [2.05, 4.69) is 38.0 Å². The monoisotopic (exact) mass is 408 g/mol. The van der Waals surface area contributed by atoms with E-state index >= 15 is 0 Å². The maximum absolute atomic E-state index is 10.6. The minimum absolute atomic E-state index is 0.166. The van der Waals surface area contributed by atoms with Crippen molar-refractivity contribution in [1.82, 2.24) is 14.9 Å². The molecule has 2 saturated heterocycles. The first-order chi connectivity index (χ1) is 14.6. The molecule has 1 N–H and O–H groups in total. The highest BCUT2D eigenvalue weighted by molar-refractivity contribution is 5.57. The second-order valence-corrected chi connectivity index (χ2v) is 8.65. The Kier molecular flexibility index (Phi) is 6.35. The molecule has 0 amide bonds. The summed E-state index contributed by atoms with van der Waals surface area (Å²) in [6.07, 6.45) is 8.97. The third kappa shape index (κ3) is 4.82. The van der Waals surface area contributed by atoms with Crippen LogP contribution in [0.3, 0.4) is 0 Å². The quantitative estimate of drug-likeness (QED) is 0.820. The van der Waals surface area contributed by atoms with Crippen molar-refractivity contribution < 1.29 is 9.84 Å². The summed E-state index contributed by atoms with van der Waals surface area (Å²) in [4.78, 5) is 13.5. The van der Waals surface area contributed by atoms with Gasteiger partial charge in [0.05, 0.1) is 13.2 Å². The molecule has 160 valence electrons. The number of aliphatic hydroxyl groups excluding tert-OH is 1. The fraction of sp³-hybridized carbons (Fsp3) is 0.500. The number of methoxy groups -OCH3 is 1. The largest absolute Gasteiger partial charge is 0.496 e. The molecular formula is C24H32N4O2. The van der Waals surface area contributed by atoms with Crippen LogP contribution in [0.4, 0.5) is 5.82 Å². The summed E-state index contributed by atoms with van der Waals surface area (Å²) in [6.45, 7) is 6.58. The summed E-state index contributed by atoms with van der Waals surface area (Å²) >= 11 is 0. The number of rotatable bonds is 5. The van der Waals surface area contributed by atoms with Crippen molar-refractivity contribution in [1.29, 1.82) is 0 Å². The number of aliphatic hydroxyl groups is 1. The van der Waals surface area contributed by atoms with Gasteiger partial charge in [-0.2, -0.15) is 0 Å². The number of piperidine rings is 2. The average Bonchev–Trinajstić information content (AvgIpc) is 2.75. The minimum atomic E-state index is -0.300. The molecule has 0 bridgehead atoms. The number of β-amino-alcohol motifs (C(OH)–C–C–N with tert-alkyl or cyclic N) is 1. The van der Waals surface area contributed by atoms with Crippen molar-refractivity contribution in [2.45, 2.75) is 32.3 Å². The Bertz CT molecular complexity index is 877. The van der Waals surface area contributed by atoms with Gasteiger partial charge in [0.2, 0.25) is 0 Å². The zero-order valence-electron chi connectivity index (χ0n) is 18.0. The molecular weight excluding hydrogens is 376 g/mol. The van der Waals surface area contributed by atoms with Crippen LogP contribution in [0.25, 0.3) is 6.08 Å². The van der Waals surface area contributed by atoms with Gasteiger partial charge in [0.15, 0.2) is 0 Å². The van der Waals surface area contributed by atoms with E-state index in [1.165, 1.54) is 0 Å². The van der Waals surface area contributed by atoms with Crippen molar-refractivity contribution in [2.24, 2.45) is 5.41 Å². The third-order valence-electron chi connectivity index (χ3n) is 6.43. The number of anilines is 1. The molecule has 6 nitrogen and oxygen atoms in total. The molecule has 0 saturated carbocycles. The van der Waals surface area contributed by atoms with E-state index in [1.807, 2.05) is 37.4 Å². The molecule has 6 heteroatoms. The Labute approximate surface area is 179 Å². The molecule has 1 unspecified atom stereocenters. The van der Waals surface area contributed by atoms with Crippen LogP contribution in [0.5, 0.6) is 5.75 Å². The highest BCUT2D eigenvalue weighted by Crippen LogP contribution is 2.41. The highest BCUT2D eigenvalue weighted by Gasteiger charge is 2.41. The van der Waals surface area contributed by atoms with Gasteiger partial charge in [-0.25, -0.2) is 9.97 Å². The Morgan fingerprint density at radius 2 is 2.03 bits per heavy atom. The van der Waals surface area contributed by atoms with E-state index in [1.54, 1.807) is 7.11 Å².